The maximum Gasteiger partial charge on any atom is 0.313 e. The van der Waals surface area contributed by atoms with Gasteiger partial charge in [-0.3, -0.25) is 9.59 Å². The SMILES string of the molecule is C=C(C)[C@@H]1CC[C@]2(C)CC[C@]3(C)[C@H](CC[C@@H]4[C@@]5(C)CC[C@@H](OC(C)=O)[C@](C)(C(=O)O)[C@]5(C)CC[C@]43C)[C@@]12C. The van der Waals surface area contributed by atoms with Crippen molar-refractivity contribution in [2.75, 3.05) is 0 Å². The van der Waals surface area contributed by atoms with Gasteiger partial charge >= 0.3 is 11.9 Å². The Hall–Kier alpha value is -1.32. The zero-order valence-corrected chi connectivity index (χ0v) is 25.8. The van der Waals surface area contributed by atoms with Gasteiger partial charge in [-0.2, -0.15) is 0 Å². The van der Waals surface area contributed by atoms with E-state index in [1.807, 2.05) is 6.92 Å². The second-order valence-electron chi connectivity index (χ2n) is 16.2. The lowest BCUT2D eigenvalue weighted by molar-refractivity contribution is -0.291. The summed E-state index contributed by atoms with van der Waals surface area (Å²) >= 11 is 0. The minimum atomic E-state index is -1.10. The molecule has 5 fully saturated rings. The van der Waals surface area contributed by atoms with E-state index in [4.69, 9.17) is 4.74 Å². The average molecular weight is 527 g/mol. The molecule has 0 unspecified atom stereocenters. The molecular weight excluding hydrogens is 472 g/mol. The van der Waals surface area contributed by atoms with Crippen LogP contribution in [0.4, 0.5) is 0 Å². The van der Waals surface area contributed by atoms with Gasteiger partial charge in [0, 0.05) is 6.92 Å². The van der Waals surface area contributed by atoms with Gasteiger partial charge in [0.25, 0.3) is 0 Å². The lowest BCUT2D eigenvalue weighted by Gasteiger charge is -2.76. The fraction of sp³-hybridized carbons (Fsp3) is 0.882. The summed E-state index contributed by atoms with van der Waals surface area (Å²) < 4.78 is 5.77. The molecule has 5 rings (SSSR count). The van der Waals surface area contributed by atoms with Crippen molar-refractivity contribution in [1.82, 2.24) is 0 Å². The van der Waals surface area contributed by atoms with E-state index in [9.17, 15) is 14.7 Å². The number of carboxylic acids is 1. The summed E-state index contributed by atoms with van der Waals surface area (Å²) in [5, 5.41) is 10.7. The first kappa shape index (κ1) is 28.2. The van der Waals surface area contributed by atoms with Gasteiger partial charge in [0.1, 0.15) is 11.5 Å². The first-order valence-electron chi connectivity index (χ1n) is 15.5. The van der Waals surface area contributed by atoms with Crippen LogP contribution < -0.4 is 0 Å². The summed E-state index contributed by atoms with van der Waals surface area (Å²) in [4.78, 5) is 25.1. The predicted molar refractivity (Wildman–Crippen MR) is 151 cm³/mol. The van der Waals surface area contributed by atoms with E-state index in [0.29, 0.717) is 29.6 Å². The standard InChI is InChI=1S/C34H54O4/c1-21(2)23-13-15-28(4)17-18-30(6)25(33(23,28)9)12-11-24-29(30,5)19-20-32(8)31(24,7)16-14-26(38-22(3)35)34(32,10)27(36)37/h23-26H,1,11-20H2,2-10H3,(H,36,37)/t23-,24-,25-,26+,28+,29+,30+,31+,32+,33+,34+/m0/s1. The second kappa shape index (κ2) is 8.12. The molecular formula is C34H54O4. The molecule has 214 valence electrons. The summed E-state index contributed by atoms with van der Waals surface area (Å²) in [7, 11) is 0. The second-order valence-corrected chi connectivity index (χ2v) is 16.2. The van der Waals surface area contributed by atoms with Gasteiger partial charge in [0.05, 0.1) is 0 Å². The summed E-state index contributed by atoms with van der Waals surface area (Å²) in [6, 6.07) is 0. The largest absolute Gasteiger partial charge is 0.481 e. The third-order valence-electron chi connectivity index (χ3n) is 15.8. The molecule has 5 aliphatic carbocycles. The zero-order valence-electron chi connectivity index (χ0n) is 25.8. The van der Waals surface area contributed by atoms with Crippen molar-refractivity contribution < 1.29 is 19.4 Å². The van der Waals surface area contributed by atoms with Crippen LogP contribution in [0.3, 0.4) is 0 Å². The van der Waals surface area contributed by atoms with E-state index in [1.54, 1.807) is 0 Å². The molecule has 38 heavy (non-hydrogen) atoms. The number of esters is 1. The first-order chi connectivity index (χ1) is 17.4. The topological polar surface area (TPSA) is 63.6 Å². The quantitative estimate of drug-likeness (QED) is 0.296. The van der Waals surface area contributed by atoms with Crippen LogP contribution in [0.15, 0.2) is 12.2 Å². The van der Waals surface area contributed by atoms with Crippen LogP contribution in [0.1, 0.15) is 127 Å². The van der Waals surface area contributed by atoms with Gasteiger partial charge in [0.15, 0.2) is 0 Å². The lowest BCUT2D eigenvalue weighted by atomic mass is 9.28. The van der Waals surface area contributed by atoms with Gasteiger partial charge in [-0.15, -0.1) is 0 Å². The number of fused-ring (bicyclic) bond motifs is 7. The van der Waals surface area contributed by atoms with Crippen LogP contribution in [0.25, 0.3) is 0 Å². The fourth-order valence-corrected chi connectivity index (χ4v) is 12.8. The molecule has 0 aromatic rings. The molecule has 0 heterocycles. The number of carbonyl (C=O) groups is 2. The fourth-order valence-electron chi connectivity index (χ4n) is 12.8. The van der Waals surface area contributed by atoms with Gasteiger partial charge in [-0.05, 0) is 128 Å². The summed E-state index contributed by atoms with van der Waals surface area (Å²) in [6.07, 6.45) is 10.5. The van der Waals surface area contributed by atoms with Gasteiger partial charge < -0.3 is 9.84 Å². The van der Waals surface area contributed by atoms with Crippen molar-refractivity contribution in [3.8, 4) is 0 Å². The Kier molecular flexibility index (Phi) is 6.03. The Labute approximate surface area is 231 Å². The van der Waals surface area contributed by atoms with Crippen LogP contribution in [0, 0.1) is 55.7 Å². The molecule has 4 nitrogen and oxygen atoms in total. The normalized spacial score (nSPS) is 55.6. The molecule has 4 heteroatoms. The number of hydrogen-bond acceptors (Lipinski definition) is 3. The average Bonchev–Trinajstić information content (AvgIpc) is 3.10. The molecule has 0 bridgehead atoms. The van der Waals surface area contributed by atoms with Crippen molar-refractivity contribution >= 4 is 11.9 Å². The van der Waals surface area contributed by atoms with Gasteiger partial charge in [0.2, 0.25) is 0 Å². The number of rotatable bonds is 3. The highest BCUT2D eigenvalue weighted by atomic mass is 16.5. The highest BCUT2D eigenvalue weighted by Gasteiger charge is 2.77. The Bertz CT molecular complexity index is 1060. The van der Waals surface area contributed by atoms with E-state index in [2.05, 4.69) is 55.0 Å². The number of aliphatic carboxylic acids is 1. The minimum Gasteiger partial charge on any atom is -0.481 e. The Morgan fingerprint density at radius 2 is 1.32 bits per heavy atom. The molecule has 0 spiro atoms. The van der Waals surface area contributed by atoms with Crippen LogP contribution in [-0.2, 0) is 14.3 Å². The van der Waals surface area contributed by atoms with E-state index in [0.717, 1.165) is 19.3 Å². The number of carboxylic acid groups (broad SMARTS) is 1. The van der Waals surface area contributed by atoms with Crippen molar-refractivity contribution in [2.24, 2.45) is 55.7 Å². The third-order valence-corrected chi connectivity index (χ3v) is 15.8. The number of allylic oxidation sites excluding steroid dienone is 1. The van der Waals surface area contributed by atoms with Crippen LogP contribution in [-0.4, -0.2) is 23.1 Å². The van der Waals surface area contributed by atoms with E-state index in [1.165, 1.54) is 51.0 Å². The van der Waals surface area contributed by atoms with Gasteiger partial charge in [-0.25, -0.2) is 0 Å². The number of carbonyl (C=O) groups excluding carboxylic acids is 1. The van der Waals surface area contributed by atoms with E-state index >= 15 is 0 Å². The number of ether oxygens (including phenoxy) is 1. The molecule has 0 aliphatic heterocycles. The maximum absolute atomic E-state index is 13.1. The smallest absolute Gasteiger partial charge is 0.313 e. The highest BCUT2D eigenvalue weighted by Crippen LogP contribution is 2.82. The Balaban J connectivity index is 1.60. The highest BCUT2D eigenvalue weighted by molar-refractivity contribution is 5.78. The van der Waals surface area contributed by atoms with Crippen molar-refractivity contribution in [1.29, 1.82) is 0 Å². The Morgan fingerprint density at radius 1 is 0.737 bits per heavy atom. The van der Waals surface area contributed by atoms with Gasteiger partial charge in [-0.1, -0.05) is 53.7 Å². The molecule has 0 amide bonds. The third kappa shape index (κ3) is 2.94. The maximum atomic E-state index is 13.1. The predicted octanol–water partition coefficient (Wildman–Crippen LogP) is 8.44. The molecule has 1 N–H and O–H groups in total. The summed E-state index contributed by atoms with van der Waals surface area (Å²) in [5.41, 5.74) is 0.727. The molecule has 5 saturated carbocycles. The van der Waals surface area contributed by atoms with E-state index < -0.39 is 22.9 Å². The lowest BCUT2D eigenvalue weighted by Crippen LogP contribution is -2.72. The van der Waals surface area contributed by atoms with Crippen LogP contribution >= 0.6 is 0 Å². The summed E-state index contributed by atoms with van der Waals surface area (Å²) in [5.74, 6) is 0.540. The first-order valence-corrected chi connectivity index (χ1v) is 15.5. The number of hydrogen-bond donors (Lipinski definition) is 1. The molecule has 0 aromatic carbocycles. The molecule has 0 saturated heterocycles. The van der Waals surface area contributed by atoms with Crippen molar-refractivity contribution in [3.63, 3.8) is 0 Å². The monoisotopic (exact) mass is 526 g/mol. The molecule has 5 aliphatic rings. The molecule has 11 atom stereocenters. The zero-order chi connectivity index (χ0) is 28.3. The van der Waals surface area contributed by atoms with E-state index in [-0.39, 0.29) is 27.6 Å². The minimum absolute atomic E-state index is 0.122. The molecule has 0 aromatic heterocycles. The Morgan fingerprint density at radius 3 is 1.89 bits per heavy atom. The molecule has 0 radical (unpaired) electrons. The van der Waals surface area contributed by atoms with Crippen LogP contribution in [0.5, 0.6) is 0 Å². The van der Waals surface area contributed by atoms with Crippen molar-refractivity contribution in [2.45, 2.75) is 133 Å². The summed E-state index contributed by atoms with van der Waals surface area (Å²) in [6.45, 7) is 25.2. The van der Waals surface area contributed by atoms with Crippen LogP contribution in [0.2, 0.25) is 0 Å². The van der Waals surface area contributed by atoms with Crippen molar-refractivity contribution in [3.05, 3.63) is 12.2 Å².